The van der Waals surface area contributed by atoms with Gasteiger partial charge in [0.25, 0.3) is 0 Å². The number of hydrogen-bond acceptors (Lipinski definition) is 2. The zero-order valence-corrected chi connectivity index (χ0v) is 14.6. The standard InChI is InChI=1S/C16H24F3O3P/c1-4-11-15(12-5-2,23(20,21)22-6-3)13-7-9-14(10-8-13)16(17,18)19/h7-10H,4-6,11-12H2,1-3H3,(H,20,21). The lowest BCUT2D eigenvalue weighted by Crippen LogP contribution is -2.27. The molecule has 0 aliphatic heterocycles. The van der Waals surface area contributed by atoms with Crippen molar-refractivity contribution in [3.05, 3.63) is 35.4 Å². The lowest BCUT2D eigenvalue weighted by Gasteiger charge is -2.37. The smallest absolute Gasteiger partial charge is 0.324 e. The molecule has 1 rings (SSSR count). The molecule has 0 heterocycles. The SMILES string of the molecule is CCCC(CCC)(c1ccc(C(F)(F)F)cc1)P(=O)(O)OCC. The number of halogens is 3. The fourth-order valence-corrected chi connectivity index (χ4v) is 5.04. The molecule has 0 aliphatic carbocycles. The summed E-state index contributed by atoms with van der Waals surface area (Å²) >= 11 is 0. The summed E-state index contributed by atoms with van der Waals surface area (Å²) in [5, 5.41) is -1.17. The molecule has 0 fully saturated rings. The van der Waals surface area contributed by atoms with Crippen LogP contribution in [0.4, 0.5) is 13.2 Å². The molecule has 0 aromatic heterocycles. The van der Waals surface area contributed by atoms with Gasteiger partial charge in [-0.2, -0.15) is 13.2 Å². The van der Waals surface area contributed by atoms with Gasteiger partial charge in [-0.1, -0.05) is 38.8 Å². The van der Waals surface area contributed by atoms with Crippen LogP contribution in [-0.4, -0.2) is 11.5 Å². The molecule has 1 aromatic rings. The zero-order valence-electron chi connectivity index (χ0n) is 13.7. The summed E-state index contributed by atoms with van der Waals surface area (Å²) < 4.78 is 56.2. The lowest BCUT2D eigenvalue weighted by molar-refractivity contribution is -0.137. The molecule has 3 nitrogen and oxygen atoms in total. The maximum atomic E-state index is 12.8. The van der Waals surface area contributed by atoms with Crippen molar-refractivity contribution < 1.29 is 27.2 Å². The summed E-state index contributed by atoms with van der Waals surface area (Å²) in [4.78, 5) is 10.5. The number of rotatable bonds is 8. The van der Waals surface area contributed by atoms with Crippen LogP contribution < -0.4 is 0 Å². The second-order valence-corrected chi connectivity index (χ2v) is 7.70. The van der Waals surface area contributed by atoms with Gasteiger partial charge in [-0.05, 0) is 37.5 Å². The molecule has 0 bridgehead atoms. The number of benzene rings is 1. The molecule has 132 valence electrons. The van der Waals surface area contributed by atoms with E-state index in [1.54, 1.807) is 6.92 Å². The fourth-order valence-electron chi connectivity index (χ4n) is 2.95. The molecule has 1 aromatic carbocycles. The molecular weight excluding hydrogens is 328 g/mol. The van der Waals surface area contributed by atoms with Crippen molar-refractivity contribution in [1.82, 2.24) is 0 Å². The lowest BCUT2D eigenvalue weighted by atomic mass is 9.88. The van der Waals surface area contributed by atoms with E-state index in [2.05, 4.69) is 0 Å². The minimum absolute atomic E-state index is 0.0730. The van der Waals surface area contributed by atoms with E-state index in [0.717, 1.165) is 12.1 Å². The van der Waals surface area contributed by atoms with Crippen molar-refractivity contribution in [3.8, 4) is 0 Å². The third-order valence-electron chi connectivity index (χ3n) is 3.92. The van der Waals surface area contributed by atoms with E-state index in [-0.39, 0.29) is 6.61 Å². The van der Waals surface area contributed by atoms with Gasteiger partial charge in [-0.15, -0.1) is 0 Å². The van der Waals surface area contributed by atoms with Crippen LogP contribution in [0.3, 0.4) is 0 Å². The van der Waals surface area contributed by atoms with E-state index in [1.807, 2.05) is 13.8 Å². The van der Waals surface area contributed by atoms with Crippen molar-refractivity contribution >= 4 is 7.60 Å². The van der Waals surface area contributed by atoms with Crippen LogP contribution in [0.1, 0.15) is 57.6 Å². The van der Waals surface area contributed by atoms with Gasteiger partial charge in [0.05, 0.1) is 17.3 Å². The Morgan fingerprint density at radius 2 is 1.43 bits per heavy atom. The summed E-state index contributed by atoms with van der Waals surface area (Å²) in [6.07, 6.45) is -2.43. The van der Waals surface area contributed by atoms with E-state index < -0.39 is 24.5 Å². The molecule has 1 N–H and O–H groups in total. The normalized spacial score (nSPS) is 15.4. The topological polar surface area (TPSA) is 46.5 Å². The predicted octanol–water partition coefficient (Wildman–Crippen LogP) is 5.72. The monoisotopic (exact) mass is 352 g/mol. The van der Waals surface area contributed by atoms with Crippen molar-refractivity contribution in [3.63, 3.8) is 0 Å². The summed E-state index contributed by atoms with van der Waals surface area (Å²) in [6, 6.07) is 4.52. The second-order valence-electron chi connectivity index (χ2n) is 5.54. The average Bonchev–Trinajstić information content (AvgIpc) is 2.46. The van der Waals surface area contributed by atoms with Crippen molar-refractivity contribution in [1.29, 1.82) is 0 Å². The summed E-state index contributed by atoms with van der Waals surface area (Å²) in [5.74, 6) is 0. The highest BCUT2D eigenvalue weighted by Gasteiger charge is 2.48. The molecule has 0 saturated heterocycles. The minimum atomic E-state index is -4.43. The second kappa shape index (κ2) is 7.82. The van der Waals surface area contributed by atoms with E-state index in [4.69, 9.17) is 4.52 Å². The van der Waals surface area contributed by atoms with Crippen molar-refractivity contribution in [2.75, 3.05) is 6.61 Å². The highest BCUT2D eigenvalue weighted by atomic mass is 31.2. The Morgan fingerprint density at radius 3 is 1.78 bits per heavy atom. The molecule has 7 heteroatoms. The van der Waals surface area contributed by atoms with E-state index in [0.29, 0.717) is 31.2 Å². The molecule has 0 spiro atoms. The quantitative estimate of drug-likeness (QED) is 0.608. The first kappa shape index (κ1) is 20.2. The minimum Gasteiger partial charge on any atom is -0.324 e. The highest BCUT2D eigenvalue weighted by molar-refractivity contribution is 7.54. The summed E-state index contributed by atoms with van der Waals surface area (Å²) in [5.41, 5.74) is -0.346. The average molecular weight is 352 g/mol. The Balaban J connectivity index is 3.41. The Hall–Kier alpha value is -0.840. The van der Waals surface area contributed by atoms with Gasteiger partial charge in [0.2, 0.25) is 0 Å². The van der Waals surface area contributed by atoms with Crippen LogP contribution in [0.5, 0.6) is 0 Å². The van der Waals surface area contributed by atoms with E-state index in [9.17, 15) is 22.6 Å². The molecule has 0 saturated carbocycles. The molecule has 1 atom stereocenters. The Kier molecular flexibility index (Phi) is 6.87. The van der Waals surface area contributed by atoms with Gasteiger partial charge in [0.1, 0.15) is 0 Å². The van der Waals surface area contributed by atoms with Crippen molar-refractivity contribution in [2.45, 2.75) is 57.8 Å². The summed E-state index contributed by atoms with van der Waals surface area (Å²) in [7, 11) is -4.03. The van der Waals surface area contributed by atoms with Crippen LogP contribution >= 0.6 is 7.60 Å². The van der Waals surface area contributed by atoms with Crippen LogP contribution in [0, 0.1) is 0 Å². The van der Waals surface area contributed by atoms with Gasteiger partial charge in [0.15, 0.2) is 0 Å². The maximum Gasteiger partial charge on any atom is 0.416 e. The first-order valence-corrected chi connectivity index (χ1v) is 9.37. The highest BCUT2D eigenvalue weighted by Crippen LogP contribution is 2.65. The Morgan fingerprint density at radius 1 is 1.00 bits per heavy atom. The molecule has 1 unspecified atom stereocenters. The maximum absolute atomic E-state index is 12.8. The van der Waals surface area contributed by atoms with Gasteiger partial charge < -0.3 is 9.42 Å². The third-order valence-corrected chi connectivity index (χ3v) is 6.32. The number of alkyl halides is 3. The molecular formula is C16H24F3O3P. The van der Waals surface area contributed by atoms with Gasteiger partial charge in [-0.25, -0.2) is 0 Å². The van der Waals surface area contributed by atoms with Gasteiger partial charge in [0, 0.05) is 0 Å². The molecule has 23 heavy (non-hydrogen) atoms. The van der Waals surface area contributed by atoms with Gasteiger partial charge in [-0.3, -0.25) is 4.57 Å². The third kappa shape index (κ3) is 4.37. The fraction of sp³-hybridized carbons (Fsp3) is 0.625. The first-order chi connectivity index (χ1) is 10.6. The molecule has 0 radical (unpaired) electrons. The first-order valence-electron chi connectivity index (χ1n) is 7.79. The predicted molar refractivity (Wildman–Crippen MR) is 84.4 cm³/mol. The molecule has 0 amide bonds. The van der Waals surface area contributed by atoms with Crippen LogP contribution in [-0.2, 0) is 20.4 Å². The van der Waals surface area contributed by atoms with E-state index >= 15 is 0 Å². The zero-order chi connectivity index (χ0) is 17.7. The van der Waals surface area contributed by atoms with Crippen LogP contribution in [0.15, 0.2) is 24.3 Å². The van der Waals surface area contributed by atoms with Crippen molar-refractivity contribution in [2.24, 2.45) is 0 Å². The summed E-state index contributed by atoms with van der Waals surface area (Å²) in [6.45, 7) is 5.45. The largest absolute Gasteiger partial charge is 0.416 e. The molecule has 0 aliphatic rings. The van der Waals surface area contributed by atoms with Crippen LogP contribution in [0.25, 0.3) is 0 Å². The Bertz CT molecular complexity index is 534. The number of hydrogen-bond donors (Lipinski definition) is 1. The van der Waals surface area contributed by atoms with Gasteiger partial charge >= 0.3 is 13.8 Å². The van der Waals surface area contributed by atoms with E-state index in [1.165, 1.54) is 12.1 Å². The van der Waals surface area contributed by atoms with Crippen LogP contribution in [0.2, 0.25) is 0 Å². The Labute approximate surface area is 135 Å².